The topological polar surface area (TPSA) is 95.8 Å². The molecule has 1 aromatic heterocycles. The van der Waals surface area contributed by atoms with Crippen molar-refractivity contribution in [2.45, 2.75) is 18.9 Å². The average Bonchev–Trinajstić information content (AvgIpc) is 3.08. The molecule has 1 saturated heterocycles. The van der Waals surface area contributed by atoms with Gasteiger partial charge in [0.05, 0.1) is 23.9 Å². The molecule has 22 heavy (non-hydrogen) atoms. The molecule has 7 nitrogen and oxygen atoms in total. The zero-order valence-electron chi connectivity index (χ0n) is 12.0. The molecule has 3 rings (SSSR count). The Morgan fingerprint density at radius 1 is 1.32 bits per heavy atom. The summed E-state index contributed by atoms with van der Waals surface area (Å²) in [5.41, 5.74) is 1.45. The van der Waals surface area contributed by atoms with E-state index in [1.807, 2.05) is 12.1 Å². The second-order valence-corrected chi connectivity index (χ2v) is 5.00. The van der Waals surface area contributed by atoms with Crippen molar-refractivity contribution >= 4 is 17.5 Å². The van der Waals surface area contributed by atoms with E-state index in [2.05, 4.69) is 31.9 Å². The lowest BCUT2D eigenvalue weighted by Crippen LogP contribution is -2.20. The molecule has 0 bridgehead atoms. The molecule has 112 valence electrons. The Labute approximate surface area is 128 Å². The lowest BCUT2D eigenvalue weighted by Gasteiger charge is -2.11. The molecule has 1 aliphatic heterocycles. The highest BCUT2D eigenvalue weighted by Gasteiger charge is 2.15. The molecular formula is C15H16N6O. The lowest BCUT2D eigenvalue weighted by atomic mass is 10.2. The first-order valence-corrected chi connectivity index (χ1v) is 7.16. The summed E-state index contributed by atoms with van der Waals surface area (Å²) in [6, 6.07) is 9.21. The number of hydrogen-bond acceptors (Lipinski definition) is 7. The van der Waals surface area contributed by atoms with Crippen LogP contribution in [0.25, 0.3) is 0 Å². The Morgan fingerprint density at radius 2 is 2.18 bits per heavy atom. The maximum Gasteiger partial charge on any atom is 0.244 e. The van der Waals surface area contributed by atoms with E-state index in [-0.39, 0.29) is 6.10 Å². The fourth-order valence-electron chi connectivity index (χ4n) is 2.23. The second kappa shape index (κ2) is 6.83. The van der Waals surface area contributed by atoms with Gasteiger partial charge in [0.1, 0.15) is 0 Å². The van der Waals surface area contributed by atoms with Gasteiger partial charge >= 0.3 is 0 Å². The van der Waals surface area contributed by atoms with Crippen molar-refractivity contribution in [3.05, 3.63) is 36.0 Å². The summed E-state index contributed by atoms with van der Waals surface area (Å²) < 4.78 is 5.54. The predicted octanol–water partition coefficient (Wildman–Crippen LogP) is 2.08. The van der Waals surface area contributed by atoms with Gasteiger partial charge in [-0.3, -0.25) is 0 Å². The number of nitriles is 1. The van der Waals surface area contributed by atoms with Crippen LogP contribution in [0, 0.1) is 11.3 Å². The van der Waals surface area contributed by atoms with Crippen LogP contribution in [0.1, 0.15) is 18.4 Å². The molecule has 0 spiro atoms. The first-order chi connectivity index (χ1) is 10.8. The molecule has 2 aromatic rings. The van der Waals surface area contributed by atoms with Crippen LogP contribution in [0.15, 0.2) is 30.5 Å². The van der Waals surface area contributed by atoms with Crippen LogP contribution in [0.4, 0.5) is 17.5 Å². The van der Waals surface area contributed by atoms with Crippen molar-refractivity contribution < 1.29 is 4.74 Å². The van der Waals surface area contributed by atoms with Crippen molar-refractivity contribution in [2.75, 3.05) is 23.8 Å². The number of benzene rings is 1. The zero-order chi connectivity index (χ0) is 15.2. The number of hydrogen-bond donors (Lipinski definition) is 2. The Bertz CT molecular complexity index is 660. The molecule has 7 heteroatoms. The van der Waals surface area contributed by atoms with Crippen molar-refractivity contribution in [1.29, 1.82) is 5.26 Å². The van der Waals surface area contributed by atoms with Crippen LogP contribution in [-0.2, 0) is 4.74 Å². The van der Waals surface area contributed by atoms with Crippen LogP contribution < -0.4 is 10.6 Å². The summed E-state index contributed by atoms with van der Waals surface area (Å²) in [6.07, 6.45) is 3.93. The van der Waals surface area contributed by atoms with E-state index in [0.29, 0.717) is 23.9 Å². The second-order valence-electron chi connectivity index (χ2n) is 5.00. The standard InChI is InChI=1S/C15H16N6O/c16-8-11-3-5-12(6-4-11)19-14-10-18-21-15(20-14)17-9-13-2-1-7-22-13/h3-6,10,13H,1-2,7,9H2,(H2,17,19,20,21). The van der Waals surface area contributed by atoms with Gasteiger partial charge in [0.25, 0.3) is 0 Å². The minimum Gasteiger partial charge on any atom is -0.376 e. The van der Waals surface area contributed by atoms with Gasteiger partial charge in [-0.15, -0.1) is 5.10 Å². The molecule has 1 unspecified atom stereocenters. The summed E-state index contributed by atoms with van der Waals surface area (Å²) in [4.78, 5) is 4.36. The van der Waals surface area contributed by atoms with Crippen molar-refractivity contribution in [3.8, 4) is 6.07 Å². The van der Waals surface area contributed by atoms with Crippen LogP contribution in [0.2, 0.25) is 0 Å². The van der Waals surface area contributed by atoms with Gasteiger partial charge in [-0.05, 0) is 37.1 Å². The monoisotopic (exact) mass is 296 g/mol. The Morgan fingerprint density at radius 3 is 2.91 bits per heavy atom. The van der Waals surface area contributed by atoms with Gasteiger partial charge in [-0.25, -0.2) is 0 Å². The van der Waals surface area contributed by atoms with E-state index in [9.17, 15) is 0 Å². The first-order valence-electron chi connectivity index (χ1n) is 7.16. The Balaban J connectivity index is 1.61. The SMILES string of the molecule is N#Cc1ccc(Nc2cnnc(NCC3CCCO3)n2)cc1. The van der Waals surface area contributed by atoms with Gasteiger partial charge in [0.2, 0.25) is 5.95 Å². The molecule has 2 N–H and O–H groups in total. The van der Waals surface area contributed by atoms with Gasteiger partial charge in [0, 0.05) is 18.8 Å². The average molecular weight is 296 g/mol. The highest BCUT2D eigenvalue weighted by molar-refractivity contribution is 5.57. The van der Waals surface area contributed by atoms with E-state index in [4.69, 9.17) is 10.00 Å². The van der Waals surface area contributed by atoms with Crippen LogP contribution in [-0.4, -0.2) is 34.4 Å². The summed E-state index contributed by atoms with van der Waals surface area (Å²) >= 11 is 0. The largest absolute Gasteiger partial charge is 0.376 e. The molecule has 1 aliphatic rings. The van der Waals surface area contributed by atoms with Crippen molar-refractivity contribution in [2.24, 2.45) is 0 Å². The maximum atomic E-state index is 8.78. The number of nitrogens with one attached hydrogen (secondary N) is 2. The van der Waals surface area contributed by atoms with Crippen molar-refractivity contribution in [3.63, 3.8) is 0 Å². The third-order valence-corrected chi connectivity index (χ3v) is 3.36. The number of nitrogens with zero attached hydrogens (tertiary/aromatic N) is 4. The van der Waals surface area contributed by atoms with E-state index in [0.717, 1.165) is 25.1 Å². The highest BCUT2D eigenvalue weighted by Crippen LogP contribution is 2.16. The molecule has 0 amide bonds. The maximum absolute atomic E-state index is 8.78. The minimum absolute atomic E-state index is 0.221. The number of aromatic nitrogens is 3. The summed E-state index contributed by atoms with van der Waals surface area (Å²) in [7, 11) is 0. The fraction of sp³-hybridized carbons (Fsp3) is 0.333. The predicted molar refractivity (Wildman–Crippen MR) is 81.7 cm³/mol. The van der Waals surface area contributed by atoms with Crippen LogP contribution in [0.5, 0.6) is 0 Å². The summed E-state index contributed by atoms with van der Waals surface area (Å²) in [5, 5.41) is 22.9. The Kier molecular flexibility index (Phi) is 4.41. The van der Waals surface area contributed by atoms with E-state index >= 15 is 0 Å². The Hall–Kier alpha value is -2.72. The molecule has 1 fully saturated rings. The summed E-state index contributed by atoms with van der Waals surface area (Å²) in [5.74, 6) is 1.06. The van der Waals surface area contributed by atoms with Crippen LogP contribution in [0.3, 0.4) is 0 Å². The van der Waals surface area contributed by atoms with E-state index in [1.165, 1.54) is 0 Å². The molecule has 0 radical (unpaired) electrons. The highest BCUT2D eigenvalue weighted by atomic mass is 16.5. The molecular weight excluding hydrogens is 280 g/mol. The van der Waals surface area contributed by atoms with Gasteiger partial charge < -0.3 is 15.4 Å². The third-order valence-electron chi connectivity index (χ3n) is 3.36. The molecule has 2 heterocycles. The molecule has 0 aliphatic carbocycles. The van der Waals surface area contributed by atoms with Gasteiger partial charge in [-0.2, -0.15) is 15.3 Å². The zero-order valence-corrected chi connectivity index (χ0v) is 12.0. The molecule has 1 atom stereocenters. The molecule has 0 saturated carbocycles. The van der Waals surface area contributed by atoms with Crippen molar-refractivity contribution in [1.82, 2.24) is 15.2 Å². The van der Waals surface area contributed by atoms with E-state index in [1.54, 1.807) is 18.3 Å². The first kappa shape index (κ1) is 14.2. The smallest absolute Gasteiger partial charge is 0.244 e. The summed E-state index contributed by atoms with van der Waals surface area (Å²) in [6.45, 7) is 1.51. The quantitative estimate of drug-likeness (QED) is 0.872. The number of ether oxygens (including phenoxy) is 1. The number of anilines is 3. The van der Waals surface area contributed by atoms with Gasteiger partial charge in [0.15, 0.2) is 5.82 Å². The molecule has 1 aromatic carbocycles. The van der Waals surface area contributed by atoms with Gasteiger partial charge in [-0.1, -0.05) is 0 Å². The fourth-order valence-corrected chi connectivity index (χ4v) is 2.23. The van der Waals surface area contributed by atoms with Crippen LogP contribution >= 0.6 is 0 Å². The minimum atomic E-state index is 0.221. The number of rotatable bonds is 5. The van der Waals surface area contributed by atoms with E-state index < -0.39 is 0 Å². The lowest BCUT2D eigenvalue weighted by molar-refractivity contribution is 0.120. The third kappa shape index (κ3) is 3.68. The normalized spacial score (nSPS) is 17.0.